The third kappa shape index (κ3) is 3.98. The number of allylic oxidation sites excluding steroid dienone is 1. The van der Waals surface area contributed by atoms with Crippen LogP contribution in [0, 0.1) is 5.41 Å². The molecule has 0 aliphatic heterocycles. The highest BCUT2D eigenvalue weighted by Crippen LogP contribution is 1.99. The van der Waals surface area contributed by atoms with Gasteiger partial charge < -0.3 is 10.7 Å². The summed E-state index contributed by atoms with van der Waals surface area (Å²) in [6.45, 7) is 0.647. The number of nitrogens with one attached hydrogen (secondary N) is 2. The fourth-order valence-electron chi connectivity index (χ4n) is 1.15. The molecule has 3 nitrogen and oxygen atoms in total. The lowest BCUT2D eigenvalue weighted by molar-refractivity contribution is -0.112. The van der Waals surface area contributed by atoms with Crippen LogP contribution in [0.4, 0.5) is 0 Å². The Labute approximate surface area is 103 Å². The summed E-state index contributed by atoms with van der Waals surface area (Å²) >= 11 is 3.07. The zero-order valence-electron chi connectivity index (χ0n) is 8.74. The van der Waals surface area contributed by atoms with E-state index in [1.54, 1.807) is 6.20 Å². The van der Waals surface area contributed by atoms with Crippen molar-refractivity contribution in [3.8, 4) is 0 Å². The van der Waals surface area contributed by atoms with Crippen LogP contribution >= 0.6 is 15.9 Å². The summed E-state index contributed by atoms with van der Waals surface area (Å²) in [5.41, 5.74) is 1.50. The summed E-state index contributed by atoms with van der Waals surface area (Å²) in [5.74, 6) is -0.101. The molecular weight excluding hydrogens is 268 g/mol. The molecule has 0 heterocycles. The molecular formula is C12H13BrN2O. The van der Waals surface area contributed by atoms with E-state index in [0.717, 1.165) is 11.8 Å². The quantitative estimate of drug-likeness (QED) is 0.477. The maximum absolute atomic E-state index is 11.3. The van der Waals surface area contributed by atoms with E-state index < -0.39 is 0 Å². The van der Waals surface area contributed by atoms with E-state index >= 15 is 0 Å². The molecule has 0 saturated heterocycles. The molecule has 0 atom stereocenters. The van der Waals surface area contributed by atoms with Crippen LogP contribution in [0.3, 0.4) is 0 Å². The monoisotopic (exact) mass is 280 g/mol. The number of rotatable bonds is 6. The zero-order valence-corrected chi connectivity index (χ0v) is 10.3. The van der Waals surface area contributed by atoms with Crippen LogP contribution in [0.1, 0.15) is 5.56 Å². The van der Waals surface area contributed by atoms with Crippen molar-refractivity contribution in [2.24, 2.45) is 0 Å². The molecule has 0 bridgehead atoms. The molecule has 4 heteroatoms. The summed E-state index contributed by atoms with van der Waals surface area (Å²) in [6, 6.07) is 9.87. The van der Waals surface area contributed by atoms with Gasteiger partial charge in [-0.2, -0.15) is 0 Å². The fourth-order valence-corrected chi connectivity index (χ4v) is 1.48. The van der Waals surface area contributed by atoms with E-state index in [9.17, 15) is 4.79 Å². The van der Waals surface area contributed by atoms with Crippen molar-refractivity contribution in [2.75, 3.05) is 5.33 Å². The summed E-state index contributed by atoms with van der Waals surface area (Å²) in [6.07, 6.45) is 2.63. The van der Waals surface area contributed by atoms with Gasteiger partial charge in [-0.1, -0.05) is 46.3 Å². The molecule has 0 spiro atoms. The molecule has 0 saturated carbocycles. The predicted molar refractivity (Wildman–Crippen MR) is 68.9 cm³/mol. The first-order valence-corrected chi connectivity index (χ1v) is 5.97. The summed E-state index contributed by atoms with van der Waals surface area (Å²) in [7, 11) is 0. The number of benzene rings is 1. The molecule has 0 unspecified atom stereocenters. The maximum Gasteiger partial charge on any atom is 0.176 e. The Morgan fingerprint density at radius 1 is 1.38 bits per heavy atom. The average molecular weight is 281 g/mol. The minimum atomic E-state index is -0.101. The van der Waals surface area contributed by atoms with Gasteiger partial charge in [-0.3, -0.25) is 4.79 Å². The van der Waals surface area contributed by atoms with E-state index in [4.69, 9.17) is 5.41 Å². The van der Waals surface area contributed by atoms with Crippen LogP contribution in [-0.4, -0.2) is 17.3 Å². The maximum atomic E-state index is 11.3. The first-order valence-electron chi connectivity index (χ1n) is 4.85. The van der Waals surface area contributed by atoms with Crippen molar-refractivity contribution in [2.45, 2.75) is 6.54 Å². The van der Waals surface area contributed by atoms with Crippen LogP contribution < -0.4 is 5.32 Å². The molecule has 0 aliphatic rings. The van der Waals surface area contributed by atoms with Crippen molar-refractivity contribution < 1.29 is 4.79 Å². The van der Waals surface area contributed by atoms with Crippen LogP contribution in [0.25, 0.3) is 0 Å². The topological polar surface area (TPSA) is 53.0 Å². The lowest BCUT2D eigenvalue weighted by Gasteiger charge is -2.02. The Kier molecular flexibility index (Phi) is 5.50. The molecule has 0 radical (unpaired) electrons. The van der Waals surface area contributed by atoms with E-state index in [1.165, 1.54) is 0 Å². The summed E-state index contributed by atoms with van der Waals surface area (Å²) in [4.78, 5) is 11.3. The molecule has 16 heavy (non-hydrogen) atoms. The number of carbonyl (C=O) groups excluding carboxylic acids is 1. The minimum absolute atomic E-state index is 0.101. The lowest BCUT2D eigenvalue weighted by Crippen LogP contribution is -2.11. The van der Waals surface area contributed by atoms with E-state index in [-0.39, 0.29) is 11.1 Å². The predicted octanol–water partition coefficient (Wildman–Crippen LogP) is 2.27. The number of alkyl halides is 1. The number of hydrogen-bond donors (Lipinski definition) is 2. The summed E-state index contributed by atoms with van der Waals surface area (Å²) < 4.78 is 0. The zero-order chi connectivity index (χ0) is 11.8. The molecule has 0 amide bonds. The first-order chi connectivity index (χ1) is 7.77. The van der Waals surface area contributed by atoms with Gasteiger partial charge in [0, 0.05) is 19.0 Å². The van der Waals surface area contributed by atoms with Crippen molar-refractivity contribution in [1.82, 2.24) is 5.32 Å². The number of Topliss-reactive ketones (excluding diaryl/α,β-unsaturated/α-hetero) is 1. The SMILES string of the molecule is N=C/C(=C\NCc1ccccc1)C(=O)CBr. The smallest absolute Gasteiger partial charge is 0.176 e. The van der Waals surface area contributed by atoms with Crippen molar-refractivity contribution in [3.05, 3.63) is 47.7 Å². The van der Waals surface area contributed by atoms with Gasteiger partial charge in [0.2, 0.25) is 0 Å². The second-order valence-electron chi connectivity index (χ2n) is 3.17. The van der Waals surface area contributed by atoms with Gasteiger partial charge in [0.1, 0.15) is 0 Å². The number of ketones is 1. The highest BCUT2D eigenvalue weighted by Gasteiger charge is 2.03. The number of hydrogen-bond acceptors (Lipinski definition) is 3. The third-order valence-electron chi connectivity index (χ3n) is 2.01. The standard InChI is InChI=1S/C12H13BrN2O/c13-6-12(16)11(7-14)9-15-8-10-4-2-1-3-5-10/h1-5,7,9,14-15H,6,8H2/b11-9+,14-7?. The van der Waals surface area contributed by atoms with Crippen LogP contribution in [0.15, 0.2) is 42.1 Å². The molecule has 0 fully saturated rings. The van der Waals surface area contributed by atoms with Gasteiger partial charge >= 0.3 is 0 Å². The first kappa shape index (κ1) is 12.6. The molecule has 84 valence electrons. The van der Waals surface area contributed by atoms with Crippen LogP contribution in [0.5, 0.6) is 0 Å². The molecule has 1 aromatic carbocycles. The van der Waals surface area contributed by atoms with Crippen LogP contribution in [-0.2, 0) is 11.3 Å². The Morgan fingerprint density at radius 3 is 2.62 bits per heavy atom. The number of halogens is 1. The highest BCUT2D eigenvalue weighted by molar-refractivity contribution is 9.09. The number of carbonyl (C=O) groups is 1. The molecule has 0 aliphatic carbocycles. The second kappa shape index (κ2) is 6.95. The molecule has 1 aromatic rings. The second-order valence-corrected chi connectivity index (χ2v) is 3.73. The Morgan fingerprint density at radius 2 is 2.06 bits per heavy atom. The van der Waals surface area contributed by atoms with Gasteiger partial charge in [-0.25, -0.2) is 0 Å². The van der Waals surface area contributed by atoms with E-state index in [0.29, 0.717) is 12.1 Å². The lowest BCUT2D eigenvalue weighted by atomic mass is 10.2. The Bertz CT molecular complexity index is 387. The molecule has 1 rings (SSSR count). The molecule has 2 N–H and O–H groups in total. The van der Waals surface area contributed by atoms with Crippen molar-refractivity contribution in [1.29, 1.82) is 5.41 Å². The van der Waals surface area contributed by atoms with Crippen LogP contribution in [0.2, 0.25) is 0 Å². The third-order valence-corrected chi connectivity index (χ3v) is 2.51. The van der Waals surface area contributed by atoms with Gasteiger partial charge in [0.05, 0.1) is 10.9 Å². The van der Waals surface area contributed by atoms with Gasteiger partial charge in [0.25, 0.3) is 0 Å². The summed E-state index contributed by atoms with van der Waals surface area (Å²) in [5, 5.41) is 10.4. The van der Waals surface area contributed by atoms with E-state index in [1.807, 2.05) is 30.3 Å². The fraction of sp³-hybridized carbons (Fsp3) is 0.167. The highest BCUT2D eigenvalue weighted by atomic mass is 79.9. The molecule has 0 aromatic heterocycles. The Balaban J connectivity index is 2.53. The Hall–Kier alpha value is -1.42. The van der Waals surface area contributed by atoms with Crippen molar-refractivity contribution in [3.63, 3.8) is 0 Å². The average Bonchev–Trinajstić information content (AvgIpc) is 2.35. The largest absolute Gasteiger partial charge is 0.386 e. The van der Waals surface area contributed by atoms with Gasteiger partial charge in [-0.05, 0) is 5.56 Å². The van der Waals surface area contributed by atoms with E-state index in [2.05, 4.69) is 21.2 Å². The van der Waals surface area contributed by atoms with Gasteiger partial charge in [0.15, 0.2) is 5.78 Å². The minimum Gasteiger partial charge on any atom is -0.386 e. The van der Waals surface area contributed by atoms with Crippen molar-refractivity contribution >= 4 is 27.9 Å². The normalized spacial score (nSPS) is 10.9. The van der Waals surface area contributed by atoms with Gasteiger partial charge in [-0.15, -0.1) is 0 Å².